The number of hydrogen-bond donors (Lipinski definition) is 1. The summed E-state index contributed by atoms with van der Waals surface area (Å²) < 4.78 is 1.52. The molecule has 8 heteroatoms. The van der Waals surface area contributed by atoms with Crippen LogP contribution in [0.25, 0.3) is 5.65 Å². The third kappa shape index (κ3) is 2.58. The Bertz CT molecular complexity index is 1650. The van der Waals surface area contributed by atoms with Crippen molar-refractivity contribution in [3.05, 3.63) is 106 Å². The maximum absolute atomic E-state index is 14.3. The molecule has 4 aromatic rings. The number of nitrogens with one attached hydrogen (secondary N) is 1. The van der Waals surface area contributed by atoms with Crippen LogP contribution in [0.5, 0.6) is 0 Å². The molecular formula is C28H23N5O3. The molecule has 36 heavy (non-hydrogen) atoms. The quantitative estimate of drug-likeness (QED) is 0.426. The maximum Gasteiger partial charge on any atom is 0.264 e. The molecule has 7 rings (SSSR count). The van der Waals surface area contributed by atoms with Gasteiger partial charge in [0, 0.05) is 19.2 Å². The van der Waals surface area contributed by atoms with Crippen molar-refractivity contribution in [3.8, 4) is 0 Å². The van der Waals surface area contributed by atoms with Crippen LogP contribution in [-0.2, 0) is 22.4 Å². The molecule has 3 aliphatic rings. The molecule has 8 nitrogen and oxygen atoms in total. The van der Waals surface area contributed by atoms with Crippen molar-refractivity contribution in [1.29, 1.82) is 0 Å². The SMILES string of the molecule is Cc1cccn2c(=O)c3c(nc12)N1CCc2ccccc2[C@@H]1[C@@]1(C3)C(=O)NN(c2ccccc2)C1=O. The van der Waals surface area contributed by atoms with Gasteiger partial charge in [-0.15, -0.1) is 0 Å². The van der Waals surface area contributed by atoms with E-state index in [-0.39, 0.29) is 17.9 Å². The number of fused-ring (bicyclic) bond motifs is 7. The average Bonchev–Trinajstić information content (AvgIpc) is 3.15. The standard InChI is InChI=1S/C28H23N5O3/c1-17-8-7-14-32-23(17)29-24-21(25(32)34)16-28(22-20-12-6-5-9-18(20)13-15-31(22)24)26(35)30-33(27(28)36)19-10-3-2-4-11-19/h2-12,14,22H,13,15-16H2,1H3,(H,30,35)/t22-,28+/m1/s1. The minimum absolute atomic E-state index is 0.0193. The summed E-state index contributed by atoms with van der Waals surface area (Å²) in [4.78, 5) is 49.0. The Morgan fingerprint density at radius 1 is 0.972 bits per heavy atom. The highest BCUT2D eigenvalue weighted by Crippen LogP contribution is 2.53. The molecule has 1 saturated heterocycles. The number of hydrazine groups is 1. The molecule has 1 fully saturated rings. The predicted octanol–water partition coefficient (Wildman–Crippen LogP) is 2.73. The first-order valence-electron chi connectivity index (χ1n) is 12.1. The fourth-order valence-electron chi connectivity index (χ4n) is 6.12. The number of aromatic nitrogens is 2. The number of para-hydroxylation sites is 1. The van der Waals surface area contributed by atoms with Gasteiger partial charge in [0.15, 0.2) is 5.41 Å². The summed E-state index contributed by atoms with van der Waals surface area (Å²) in [5.41, 5.74) is 5.57. The van der Waals surface area contributed by atoms with Crippen LogP contribution in [0.4, 0.5) is 11.5 Å². The highest BCUT2D eigenvalue weighted by molar-refractivity contribution is 6.19. The molecule has 0 radical (unpaired) electrons. The summed E-state index contributed by atoms with van der Waals surface area (Å²) in [7, 11) is 0. The Morgan fingerprint density at radius 2 is 1.75 bits per heavy atom. The van der Waals surface area contributed by atoms with E-state index < -0.39 is 17.4 Å². The molecule has 1 N–H and O–H groups in total. The number of nitrogens with zero attached hydrogens (tertiary/aromatic N) is 4. The van der Waals surface area contributed by atoms with Crippen molar-refractivity contribution in [2.24, 2.45) is 5.41 Å². The minimum Gasteiger partial charge on any atom is -0.347 e. The lowest BCUT2D eigenvalue weighted by Crippen LogP contribution is -2.57. The summed E-state index contributed by atoms with van der Waals surface area (Å²) in [6.45, 7) is 2.48. The van der Waals surface area contributed by atoms with E-state index in [1.54, 1.807) is 24.4 Å². The lowest BCUT2D eigenvalue weighted by Gasteiger charge is -2.49. The van der Waals surface area contributed by atoms with Crippen LogP contribution in [0.1, 0.15) is 28.3 Å². The van der Waals surface area contributed by atoms with Crippen LogP contribution in [0.2, 0.25) is 0 Å². The second-order valence-electron chi connectivity index (χ2n) is 9.71. The van der Waals surface area contributed by atoms with Crippen LogP contribution in [0.3, 0.4) is 0 Å². The zero-order valence-electron chi connectivity index (χ0n) is 19.6. The summed E-state index contributed by atoms with van der Waals surface area (Å²) >= 11 is 0. The second-order valence-corrected chi connectivity index (χ2v) is 9.71. The van der Waals surface area contributed by atoms with Gasteiger partial charge in [0.1, 0.15) is 11.5 Å². The highest BCUT2D eigenvalue weighted by atomic mass is 16.2. The van der Waals surface area contributed by atoms with Gasteiger partial charge < -0.3 is 4.90 Å². The number of aryl methyl sites for hydroxylation is 1. The molecule has 3 aliphatic heterocycles. The number of pyridine rings is 1. The molecule has 0 unspecified atom stereocenters. The Morgan fingerprint density at radius 3 is 2.58 bits per heavy atom. The number of anilines is 2. The largest absolute Gasteiger partial charge is 0.347 e. The van der Waals surface area contributed by atoms with E-state index >= 15 is 0 Å². The first-order chi connectivity index (χ1) is 17.5. The van der Waals surface area contributed by atoms with Crippen LogP contribution >= 0.6 is 0 Å². The van der Waals surface area contributed by atoms with E-state index in [9.17, 15) is 14.4 Å². The molecule has 2 atom stereocenters. The molecule has 2 aromatic carbocycles. The number of carbonyl (C=O) groups excluding carboxylic acids is 2. The van der Waals surface area contributed by atoms with E-state index in [0.717, 1.165) is 23.1 Å². The monoisotopic (exact) mass is 477 g/mol. The summed E-state index contributed by atoms with van der Waals surface area (Å²) in [6.07, 6.45) is 2.40. The molecule has 2 aromatic heterocycles. The third-order valence-electron chi connectivity index (χ3n) is 7.82. The van der Waals surface area contributed by atoms with E-state index in [1.807, 2.05) is 54.3 Å². The molecule has 2 amide bonds. The van der Waals surface area contributed by atoms with Gasteiger partial charge in [-0.3, -0.25) is 24.2 Å². The van der Waals surface area contributed by atoms with E-state index in [4.69, 9.17) is 4.98 Å². The predicted molar refractivity (Wildman–Crippen MR) is 135 cm³/mol. The van der Waals surface area contributed by atoms with Crippen LogP contribution in [-0.4, -0.2) is 27.7 Å². The Balaban J connectivity index is 1.51. The van der Waals surface area contributed by atoms with Gasteiger partial charge in [0.2, 0.25) is 0 Å². The zero-order chi connectivity index (χ0) is 24.6. The molecule has 0 aliphatic carbocycles. The Labute approximate surface area is 206 Å². The molecule has 178 valence electrons. The van der Waals surface area contributed by atoms with Crippen molar-refractivity contribution >= 4 is 29.0 Å². The van der Waals surface area contributed by atoms with Gasteiger partial charge in [0.25, 0.3) is 17.4 Å². The first-order valence-corrected chi connectivity index (χ1v) is 12.1. The van der Waals surface area contributed by atoms with Gasteiger partial charge in [-0.25, -0.2) is 9.99 Å². The Hall–Kier alpha value is -4.46. The van der Waals surface area contributed by atoms with E-state index in [2.05, 4.69) is 11.5 Å². The summed E-state index contributed by atoms with van der Waals surface area (Å²) in [5, 5.41) is 1.33. The first kappa shape index (κ1) is 20.9. The van der Waals surface area contributed by atoms with Crippen molar-refractivity contribution in [2.45, 2.75) is 25.8 Å². The van der Waals surface area contributed by atoms with Gasteiger partial charge in [-0.05, 0) is 48.2 Å². The Kier molecular flexibility index (Phi) is 4.22. The summed E-state index contributed by atoms with van der Waals surface area (Å²) in [6, 6.07) is 20.2. The van der Waals surface area contributed by atoms with Crippen molar-refractivity contribution in [3.63, 3.8) is 0 Å². The number of benzene rings is 2. The molecule has 1 spiro atoms. The number of hydrogen-bond acceptors (Lipinski definition) is 5. The fraction of sp³-hybridized carbons (Fsp3) is 0.214. The van der Waals surface area contributed by atoms with Crippen molar-refractivity contribution in [2.75, 3.05) is 16.5 Å². The number of carbonyl (C=O) groups is 2. The van der Waals surface area contributed by atoms with E-state index in [0.29, 0.717) is 29.3 Å². The zero-order valence-corrected chi connectivity index (χ0v) is 19.6. The van der Waals surface area contributed by atoms with Gasteiger partial charge >= 0.3 is 0 Å². The normalized spacial score (nSPS) is 22.4. The molecular weight excluding hydrogens is 454 g/mol. The lowest BCUT2D eigenvalue weighted by atomic mass is 9.66. The third-order valence-corrected chi connectivity index (χ3v) is 7.82. The van der Waals surface area contributed by atoms with Gasteiger partial charge in [0.05, 0.1) is 17.3 Å². The highest BCUT2D eigenvalue weighted by Gasteiger charge is 2.65. The average molecular weight is 478 g/mol. The van der Waals surface area contributed by atoms with E-state index in [1.165, 1.54) is 9.41 Å². The van der Waals surface area contributed by atoms with Gasteiger partial charge in [-0.2, -0.15) is 0 Å². The molecule has 0 bridgehead atoms. The smallest absolute Gasteiger partial charge is 0.264 e. The van der Waals surface area contributed by atoms with Crippen LogP contribution in [0, 0.1) is 12.3 Å². The van der Waals surface area contributed by atoms with Crippen molar-refractivity contribution < 1.29 is 9.59 Å². The van der Waals surface area contributed by atoms with Crippen LogP contribution in [0.15, 0.2) is 77.7 Å². The molecule has 5 heterocycles. The van der Waals surface area contributed by atoms with Crippen LogP contribution < -0.4 is 20.9 Å². The van der Waals surface area contributed by atoms with Gasteiger partial charge in [-0.1, -0.05) is 48.5 Å². The maximum atomic E-state index is 14.3. The van der Waals surface area contributed by atoms with Crippen molar-refractivity contribution in [1.82, 2.24) is 14.8 Å². The number of amides is 2. The fourth-order valence-corrected chi connectivity index (χ4v) is 6.12. The lowest BCUT2D eigenvalue weighted by molar-refractivity contribution is -0.137. The minimum atomic E-state index is -1.50. The second kappa shape index (κ2) is 7.27. The summed E-state index contributed by atoms with van der Waals surface area (Å²) in [5.74, 6) is -0.189. The number of rotatable bonds is 1. The topological polar surface area (TPSA) is 87.0 Å². The molecule has 0 saturated carbocycles.